The van der Waals surface area contributed by atoms with Crippen LogP contribution in [0.5, 0.6) is 0 Å². The number of ether oxygens (including phenoxy) is 2. The summed E-state index contributed by atoms with van der Waals surface area (Å²) in [5, 5.41) is 3.98. The number of hydrogen-bond donors (Lipinski definition) is 1. The summed E-state index contributed by atoms with van der Waals surface area (Å²) < 4.78 is 11.9. The first kappa shape index (κ1) is 20.8. The molecule has 0 bridgehead atoms. The molecule has 1 fully saturated rings. The maximum atomic E-state index is 12.3. The number of carbonyl (C=O) groups is 1. The molecule has 7 heteroatoms. The van der Waals surface area contributed by atoms with Gasteiger partial charge in [-0.1, -0.05) is 43.8 Å². The van der Waals surface area contributed by atoms with Crippen LogP contribution < -0.4 is 5.32 Å². The Balaban J connectivity index is 1.68. The van der Waals surface area contributed by atoms with Gasteiger partial charge in [0.05, 0.1) is 11.7 Å². The smallest absolute Gasteiger partial charge is 0.338 e. The van der Waals surface area contributed by atoms with E-state index in [2.05, 4.69) is 29.1 Å². The van der Waals surface area contributed by atoms with Crippen LogP contribution in [0, 0.1) is 17.8 Å². The SMILES string of the molecule is CNC[C@@H]1C(C)[C@H](Sc2ncccn2)OC(COC(=O)c2ccccc2)[C@H]1C. The number of carbonyl (C=O) groups excluding carboxylic acids is 1. The van der Waals surface area contributed by atoms with Crippen molar-refractivity contribution in [1.29, 1.82) is 0 Å². The van der Waals surface area contributed by atoms with E-state index in [-0.39, 0.29) is 30.0 Å². The van der Waals surface area contributed by atoms with E-state index in [1.165, 1.54) is 11.8 Å². The average Bonchev–Trinajstić information content (AvgIpc) is 2.73. The lowest BCUT2D eigenvalue weighted by Crippen LogP contribution is -2.49. The van der Waals surface area contributed by atoms with Gasteiger partial charge in [-0.15, -0.1) is 0 Å². The number of nitrogens with one attached hydrogen (secondary N) is 1. The third-order valence-electron chi connectivity index (χ3n) is 5.27. The Labute approximate surface area is 170 Å². The minimum atomic E-state index is -0.323. The molecule has 1 aromatic heterocycles. The number of nitrogens with zero attached hydrogens (tertiary/aromatic N) is 2. The van der Waals surface area contributed by atoms with E-state index in [1.54, 1.807) is 30.6 Å². The van der Waals surface area contributed by atoms with Crippen LogP contribution in [0.1, 0.15) is 24.2 Å². The van der Waals surface area contributed by atoms with Gasteiger partial charge in [0.25, 0.3) is 0 Å². The first-order valence-corrected chi connectivity index (χ1v) is 10.4. The molecule has 150 valence electrons. The predicted molar refractivity (Wildman–Crippen MR) is 109 cm³/mol. The van der Waals surface area contributed by atoms with E-state index in [0.29, 0.717) is 22.6 Å². The van der Waals surface area contributed by atoms with Gasteiger partial charge in [-0.2, -0.15) is 0 Å². The Morgan fingerprint density at radius 2 is 1.86 bits per heavy atom. The highest BCUT2D eigenvalue weighted by Crippen LogP contribution is 2.41. The zero-order valence-electron chi connectivity index (χ0n) is 16.4. The Morgan fingerprint density at radius 1 is 1.14 bits per heavy atom. The minimum Gasteiger partial charge on any atom is -0.459 e. The maximum Gasteiger partial charge on any atom is 0.338 e. The molecule has 2 aromatic rings. The quantitative estimate of drug-likeness (QED) is 0.564. The molecule has 0 radical (unpaired) electrons. The molecule has 0 spiro atoms. The average molecular weight is 402 g/mol. The monoisotopic (exact) mass is 401 g/mol. The molecule has 1 saturated heterocycles. The largest absolute Gasteiger partial charge is 0.459 e. The molecule has 3 rings (SSSR count). The van der Waals surface area contributed by atoms with Crippen LogP contribution >= 0.6 is 11.8 Å². The van der Waals surface area contributed by atoms with Crippen molar-refractivity contribution in [3.63, 3.8) is 0 Å². The summed E-state index contributed by atoms with van der Waals surface area (Å²) in [7, 11) is 1.96. The highest BCUT2D eigenvalue weighted by molar-refractivity contribution is 7.99. The summed E-state index contributed by atoms with van der Waals surface area (Å²) in [5.74, 6) is 0.619. The minimum absolute atomic E-state index is 0.0997. The van der Waals surface area contributed by atoms with E-state index >= 15 is 0 Å². The molecule has 1 aliphatic heterocycles. The number of esters is 1. The standard InChI is InChI=1S/C21H27N3O3S/c1-14-17(12-22-3)15(2)20(28-21-23-10-7-11-24-21)27-18(14)13-26-19(25)16-8-5-4-6-9-16/h4-11,14-15,17-18,20,22H,12-13H2,1-3H3/t14-,15?,17-,18?,20-/m0/s1. The van der Waals surface area contributed by atoms with Gasteiger partial charge < -0.3 is 14.8 Å². The number of aromatic nitrogens is 2. The summed E-state index contributed by atoms with van der Waals surface area (Å²) in [6.45, 7) is 5.47. The van der Waals surface area contributed by atoms with Crippen molar-refractivity contribution in [2.45, 2.75) is 30.5 Å². The summed E-state index contributed by atoms with van der Waals surface area (Å²) >= 11 is 1.53. The van der Waals surface area contributed by atoms with Crippen molar-refractivity contribution in [2.75, 3.05) is 20.2 Å². The Morgan fingerprint density at radius 3 is 2.54 bits per heavy atom. The molecule has 0 saturated carbocycles. The van der Waals surface area contributed by atoms with Gasteiger partial charge in [-0.3, -0.25) is 0 Å². The second kappa shape index (κ2) is 10.0. The van der Waals surface area contributed by atoms with E-state index in [0.717, 1.165) is 6.54 Å². The Bertz CT molecular complexity index is 747. The molecule has 28 heavy (non-hydrogen) atoms. The van der Waals surface area contributed by atoms with Gasteiger partial charge >= 0.3 is 5.97 Å². The fraction of sp³-hybridized carbons (Fsp3) is 0.476. The third kappa shape index (κ3) is 5.10. The lowest BCUT2D eigenvalue weighted by molar-refractivity contribution is -0.117. The van der Waals surface area contributed by atoms with Crippen molar-refractivity contribution in [3.05, 3.63) is 54.4 Å². The highest BCUT2D eigenvalue weighted by Gasteiger charge is 2.42. The van der Waals surface area contributed by atoms with Crippen LogP contribution in [0.2, 0.25) is 0 Å². The molecular formula is C21H27N3O3S. The maximum absolute atomic E-state index is 12.3. The Kier molecular flexibility index (Phi) is 7.42. The molecule has 5 atom stereocenters. The first-order valence-electron chi connectivity index (χ1n) is 9.56. The predicted octanol–water partition coefficient (Wildman–Crippen LogP) is 3.26. The number of hydrogen-bond acceptors (Lipinski definition) is 7. The van der Waals surface area contributed by atoms with E-state index in [1.807, 2.05) is 25.2 Å². The van der Waals surface area contributed by atoms with Gasteiger partial charge in [0, 0.05) is 12.4 Å². The molecular weight excluding hydrogens is 374 g/mol. The van der Waals surface area contributed by atoms with Gasteiger partial charge in [0.2, 0.25) is 0 Å². The highest BCUT2D eigenvalue weighted by atomic mass is 32.2. The molecule has 2 heterocycles. The fourth-order valence-electron chi connectivity index (χ4n) is 3.58. The van der Waals surface area contributed by atoms with E-state index < -0.39 is 0 Å². The molecule has 1 aliphatic rings. The summed E-state index contributed by atoms with van der Waals surface area (Å²) in [4.78, 5) is 20.9. The normalized spacial score (nSPS) is 27.3. The van der Waals surface area contributed by atoms with Crippen LogP contribution in [0.25, 0.3) is 0 Å². The molecule has 6 nitrogen and oxygen atoms in total. The van der Waals surface area contributed by atoms with E-state index in [4.69, 9.17) is 9.47 Å². The van der Waals surface area contributed by atoms with Crippen LogP contribution in [0.15, 0.2) is 53.9 Å². The van der Waals surface area contributed by atoms with Gasteiger partial charge in [-0.25, -0.2) is 14.8 Å². The zero-order chi connectivity index (χ0) is 19.9. The van der Waals surface area contributed by atoms with Crippen molar-refractivity contribution < 1.29 is 14.3 Å². The third-order valence-corrected chi connectivity index (χ3v) is 6.46. The second-order valence-corrected chi connectivity index (χ2v) is 8.16. The van der Waals surface area contributed by atoms with Gasteiger partial charge in [0.15, 0.2) is 5.16 Å². The molecule has 0 aliphatic carbocycles. The first-order chi connectivity index (χ1) is 13.6. The van der Waals surface area contributed by atoms with Crippen molar-refractivity contribution in [3.8, 4) is 0 Å². The van der Waals surface area contributed by atoms with Gasteiger partial charge in [0.1, 0.15) is 12.0 Å². The van der Waals surface area contributed by atoms with Crippen molar-refractivity contribution in [2.24, 2.45) is 17.8 Å². The fourth-order valence-corrected chi connectivity index (χ4v) is 4.64. The summed E-state index contributed by atoms with van der Waals surface area (Å²) in [5.41, 5.74) is 0.451. The molecule has 1 N–H and O–H groups in total. The molecule has 0 amide bonds. The lowest BCUT2D eigenvalue weighted by Gasteiger charge is -2.44. The summed E-state index contributed by atoms with van der Waals surface area (Å²) in [6, 6.07) is 10.8. The Hall–Kier alpha value is -1.96. The van der Waals surface area contributed by atoms with Crippen molar-refractivity contribution >= 4 is 17.7 Å². The van der Waals surface area contributed by atoms with Gasteiger partial charge in [-0.05, 0) is 49.5 Å². The number of benzene rings is 1. The van der Waals surface area contributed by atoms with Crippen molar-refractivity contribution in [1.82, 2.24) is 15.3 Å². The van der Waals surface area contributed by atoms with Crippen LogP contribution in [-0.2, 0) is 9.47 Å². The lowest BCUT2D eigenvalue weighted by atomic mass is 9.78. The van der Waals surface area contributed by atoms with Crippen LogP contribution in [-0.4, -0.2) is 47.7 Å². The van der Waals surface area contributed by atoms with Crippen LogP contribution in [0.4, 0.5) is 0 Å². The zero-order valence-corrected chi connectivity index (χ0v) is 17.3. The van der Waals surface area contributed by atoms with E-state index in [9.17, 15) is 4.79 Å². The molecule has 2 unspecified atom stereocenters. The second-order valence-electron chi connectivity index (χ2n) is 7.10. The van der Waals surface area contributed by atoms with Crippen LogP contribution in [0.3, 0.4) is 0 Å². The topological polar surface area (TPSA) is 73.3 Å². The number of rotatable bonds is 7. The summed E-state index contributed by atoms with van der Waals surface area (Å²) in [6.07, 6.45) is 3.29. The molecule has 1 aromatic carbocycles. The number of thioether (sulfide) groups is 1.